The highest BCUT2D eigenvalue weighted by Crippen LogP contribution is 2.25. The fourth-order valence-corrected chi connectivity index (χ4v) is 4.26. The minimum absolute atomic E-state index is 0.0406. The molecule has 0 radical (unpaired) electrons. The molecule has 1 amide bonds. The summed E-state index contributed by atoms with van der Waals surface area (Å²) in [6.07, 6.45) is 2.19. The molecule has 112 valence electrons. The van der Waals surface area contributed by atoms with E-state index in [4.69, 9.17) is 15.4 Å². The van der Waals surface area contributed by atoms with Crippen LogP contribution in [-0.4, -0.2) is 33.1 Å². The molecule has 1 aliphatic heterocycles. The summed E-state index contributed by atoms with van der Waals surface area (Å²) in [5.74, 6) is -0.145. The summed E-state index contributed by atoms with van der Waals surface area (Å²) in [5, 5.41) is 2.88. The van der Waals surface area contributed by atoms with Gasteiger partial charge >= 0.3 is 0 Å². The Labute approximate surface area is 126 Å². The molecule has 20 heavy (non-hydrogen) atoms. The van der Waals surface area contributed by atoms with E-state index in [0.717, 1.165) is 30.8 Å². The molecule has 1 fully saturated rings. The average Bonchev–Trinajstić information content (AvgIpc) is 2.97. The van der Waals surface area contributed by atoms with Crippen LogP contribution in [0.25, 0.3) is 0 Å². The lowest BCUT2D eigenvalue weighted by atomic mass is 10.1. The molecule has 2 rings (SSSR count). The topological polar surface area (TPSA) is 72.5 Å². The maximum absolute atomic E-state index is 11.9. The van der Waals surface area contributed by atoms with Crippen molar-refractivity contribution in [2.75, 3.05) is 6.61 Å². The molecule has 2 unspecified atom stereocenters. The third kappa shape index (κ3) is 4.18. The predicted octanol–water partition coefficient (Wildman–Crippen LogP) is 1.90. The van der Waals surface area contributed by atoms with E-state index in [1.54, 1.807) is 6.07 Å². The van der Waals surface area contributed by atoms with Crippen molar-refractivity contribution < 1.29 is 17.9 Å². The molecule has 0 bridgehead atoms. The van der Waals surface area contributed by atoms with Crippen LogP contribution in [0.4, 0.5) is 0 Å². The highest BCUT2D eigenvalue weighted by molar-refractivity contribution is 8.15. The van der Waals surface area contributed by atoms with Gasteiger partial charge in [-0.25, -0.2) is 8.42 Å². The molecule has 1 aromatic heterocycles. The first-order chi connectivity index (χ1) is 9.36. The number of halogens is 1. The molecule has 0 aromatic carbocycles. The number of ether oxygens (including phenoxy) is 1. The minimum Gasteiger partial charge on any atom is -0.376 e. The van der Waals surface area contributed by atoms with E-state index in [-0.39, 0.29) is 28.7 Å². The van der Waals surface area contributed by atoms with Crippen LogP contribution in [0.15, 0.2) is 16.3 Å². The van der Waals surface area contributed by atoms with Crippen LogP contribution < -0.4 is 5.32 Å². The average molecular weight is 338 g/mol. The van der Waals surface area contributed by atoms with E-state index >= 15 is 0 Å². The summed E-state index contributed by atoms with van der Waals surface area (Å²) in [7, 11) is 1.53. The Balaban J connectivity index is 1.89. The first kappa shape index (κ1) is 15.8. The van der Waals surface area contributed by atoms with E-state index in [1.807, 2.05) is 6.92 Å². The molecule has 0 spiro atoms. The molecule has 2 heterocycles. The van der Waals surface area contributed by atoms with Gasteiger partial charge in [-0.15, -0.1) is 11.3 Å². The van der Waals surface area contributed by atoms with Crippen molar-refractivity contribution in [1.29, 1.82) is 0 Å². The van der Waals surface area contributed by atoms with Crippen LogP contribution in [0.3, 0.4) is 0 Å². The fraction of sp³-hybridized carbons (Fsp3) is 0.583. The molecule has 0 saturated carbocycles. The van der Waals surface area contributed by atoms with Gasteiger partial charge in [-0.3, -0.25) is 4.79 Å². The number of hydrogen-bond donors (Lipinski definition) is 1. The Kier molecular flexibility index (Phi) is 5.06. The zero-order valence-electron chi connectivity index (χ0n) is 11.0. The first-order valence-electron chi connectivity index (χ1n) is 6.30. The molecule has 8 heteroatoms. The third-order valence-corrected chi connectivity index (χ3v) is 6.30. The van der Waals surface area contributed by atoms with Crippen LogP contribution in [0.2, 0.25) is 0 Å². The molecule has 1 saturated heterocycles. The minimum atomic E-state index is -3.71. The van der Waals surface area contributed by atoms with E-state index in [2.05, 4.69) is 5.32 Å². The summed E-state index contributed by atoms with van der Waals surface area (Å²) < 4.78 is 27.9. The number of nitrogens with one attached hydrogen (secondary N) is 1. The Morgan fingerprint density at radius 3 is 2.90 bits per heavy atom. The first-order valence-corrected chi connectivity index (χ1v) is 9.43. The van der Waals surface area contributed by atoms with Crippen LogP contribution in [0, 0.1) is 0 Å². The molecular weight excluding hydrogens is 322 g/mol. The lowest BCUT2D eigenvalue weighted by Crippen LogP contribution is -2.41. The maximum Gasteiger partial charge on any atom is 0.270 e. The lowest BCUT2D eigenvalue weighted by molar-refractivity contribution is -0.121. The summed E-state index contributed by atoms with van der Waals surface area (Å²) >= 11 is 1.02. The van der Waals surface area contributed by atoms with Crippen molar-refractivity contribution in [2.45, 2.75) is 42.5 Å². The van der Waals surface area contributed by atoms with Gasteiger partial charge in [-0.05, 0) is 31.9 Å². The number of rotatable bonds is 5. The van der Waals surface area contributed by atoms with Crippen LogP contribution >= 0.6 is 22.0 Å². The SMILES string of the molecule is CC(NC(=O)Cc1ccc(S(=O)(=O)Cl)s1)C1CCCO1. The second kappa shape index (κ2) is 6.43. The quantitative estimate of drug-likeness (QED) is 0.833. The van der Waals surface area contributed by atoms with Gasteiger partial charge in [-0.2, -0.15) is 0 Å². The van der Waals surface area contributed by atoms with Gasteiger partial charge in [0.25, 0.3) is 9.05 Å². The van der Waals surface area contributed by atoms with Crippen molar-refractivity contribution >= 4 is 37.0 Å². The molecule has 2 atom stereocenters. The van der Waals surface area contributed by atoms with Gasteiger partial charge in [0.05, 0.1) is 18.6 Å². The highest BCUT2D eigenvalue weighted by atomic mass is 35.7. The predicted molar refractivity (Wildman–Crippen MR) is 77.6 cm³/mol. The number of amides is 1. The van der Waals surface area contributed by atoms with Gasteiger partial charge in [0.15, 0.2) is 0 Å². The smallest absolute Gasteiger partial charge is 0.270 e. The largest absolute Gasteiger partial charge is 0.376 e. The van der Waals surface area contributed by atoms with Crippen LogP contribution in [-0.2, 0) is 25.0 Å². The van der Waals surface area contributed by atoms with Crippen LogP contribution in [0.5, 0.6) is 0 Å². The normalized spacial score (nSPS) is 20.8. The Morgan fingerprint density at radius 1 is 1.60 bits per heavy atom. The van der Waals surface area contributed by atoms with Crippen molar-refractivity contribution in [1.82, 2.24) is 5.32 Å². The summed E-state index contributed by atoms with van der Waals surface area (Å²) in [6, 6.07) is 2.98. The Hall–Kier alpha value is -0.630. The van der Waals surface area contributed by atoms with Gasteiger partial charge in [0.2, 0.25) is 5.91 Å². The third-order valence-electron chi connectivity index (χ3n) is 3.12. The Bertz CT molecular complexity index is 578. The van der Waals surface area contributed by atoms with Crippen LogP contribution in [0.1, 0.15) is 24.6 Å². The van der Waals surface area contributed by atoms with Gasteiger partial charge in [0.1, 0.15) is 4.21 Å². The van der Waals surface area contributed by atoms with Gasteiger partial charge in [-0.1, -0.05) is 0 Å². The second-order valence-electron chi connectivity index (χ2n) is 4.74. The Morgan fingerprint density at radius 2 is 2.35 bits per heavy atom. The summed E-state index contributed by atoms with van der Waals surface area (Å²) in [5.41, 5.74) is 0. The molecule has 5 nitrogen and oxygen atoms in total. The molecule has 1 aromatic rings. The number of hydrogen-bond acceptors (Lipinski definition) is 5. The zero-order valence-corrected chi connectivity index (χ0v) is 13.4. The highest BCUT2D eigenvalue weighted by Gasteiger charge is 2.24. The lowest BCUT2D eigenvalue weighted by Gasteiger charge is -2.19. The number of carbonyl (C=O) groups is 1. The molecule has 0 aliphatic carbocycles. The van der Waals surface area contributed by atoms with Crippen molar-refractivity contribution in [3.63, 3.8) is 0 Å². The monoisotopic (exact) mass is 337 g/mol. The van der Waals surface area contributed by atoms with E-state index in [9.17, 15) is 13.2 Å². The second-order valence-corrected chi connectivity index (χ2v) is 8.70. The standard InChI is InChI=1S/C12H16ClNO4S2/c1-8(10-3-2-6-18-10)14-11(15)7-9-4-5-12(19-9)20(13,16)17/h4-5,8,10H,2-3,6-7H2,1H3,(H,14,15). The molecule has 1 aliphatic rings. The zero-order chi connectivity index (χ0) is 14.8. The van der Waals surface area contributed by atoms with Crippen molar-refractivity contribution in [3.8, 4) is 0 Å². The van der Waals surface area contributed by atoms with E-state index in [1.165, 1.54) is 6.07 Å². The summed E-state index contributed by atoms with van der Waals surface area (Å²) in [4.78, 5) is 12.6. The van der Waals surface area contributed by atoms with Gasteiger partial charge < -0.3 is 10.1 Å². The maximum atomic E-state index is 11.9. The number of carbonyl (C=O) groups excluding carboxylic acids is 1. The van der Waals surface area contributed by atoms with Crippen molar-refractivity contribution in [2.24, 2.45) is 0 Å². The molecular formula is C12H16ClNO4S2. The van der Waals surface area contributed by atoms with E-state index in [0.29, 0.717) is 4.88 Å². The fourth-order valence-electron chi connectivity index (χ4n) is 2.14. The molecule has 1 N–H and O–H groups in total. The van der Waals surface area contributed by atoms with Gasteiger partial charge in [0, 0.05) is 22.2 Å². The van der Waals surface area contributed by atoms with Crippen molar-refractivity contribution in [3.05, 3.63) is 17.0 Å². The van der Waals surface area contributed by atoms with E-state index < -0.39 is 9.05 Å². The summed E-state index contributed by atoms with van der Waals surface area (Å²) in [6.45, 7) is 2.66. The number of thiophene rings is 1.